The molecule has 0 bridgehead atoms. The molecule has 92 valence electrons. The summed E-state index contributed by atoms with van der Waals surface area (Å²) in [6.45, 7) is 14.8. The van der Waals surface area contributed by atoms with E-state index in [0.29, 0.717) is 0 Å². The third-order valence-corrected chi connectivity index (χ3v) is 2.79. The molecule has 0 unspecified atom stereocenters. The summed E-state index contributed by atoms with van der Waals surface area (Å²) in [6.07, 6.45) is 5.33. The summed E-state index contributed by atoms with van der Waals surface area (Å²) >= 11 is 0. The molecule has 3 heteroatoms. The Labute approximate surface area is 104 Å². The van der Waals surface area contributed by atoms with Crippen LogP contribution in [0, 0.1) is 11.2 Å². The SMILES string of the molecule is CCC[N+](CCC)(CCC)CCC.[B]C#N. The van der Waals surface area contributed by atoms with Crippen molar-refractivity contribution in [2.75, 3.05) is 26.2 Å². The zero-order chi connectivity index (χ0) is 12.9. The topological polar surface area (TPSA) is 23.8 Å². The maximum atomic E-state index is 7.10. The first-order chi connectivity index (χ1) is 7.66. The van der Waals surface area contributed by atoms with Crippen molar-refractivity contribution >= 4 is 7.85 Å². The van der Waals surface area contributed by atoms with E-state index in [2.05, 4.69) is 35.5 Å². The fraction of sp³-hybridized carbons (Fsp3) is 0.923. The zero-order valence-electron chi connectivity index (χ0n) is 11.6. The van der Waals surface area contributed by atoms with Crippen LogP contribution in [0.2, 0.25) is 0 Å². The van der Waals surface area contributed by atoms with E-state index >= 15 is 0 Å². The van der Waals surface area contributed by atoms with E-state index in [1.165, 1.54) is 62.3 Å². The van der Waals surface area contributed by atoms with Gasteiger partial charge in [-0.05, 0) is 31.7 Å². The number of nitriles is 1. The van der Waals surface area contributed by atoms with Crippen LogP contribution in [0.25, 0.3) is 0 Å². The molecule has 0 aliphatic heterocycles. The Bertz CT molecular complexity index is 146. The largest absolute Gasteiger partial charge is 0.324 e. The van der Waals surface area contributed by atoms with E-state index in [-0.39, 0.29) is 0 Å². The Hall–Kier alpha value is -0.485. The van der Waals surface area contributed by atoms with E-state index in [0.717, 1.165) is 0 Å². The molecule has 0 atom stereocenters. The summed E-state index contributed by atoms with van der Waals surface area (Å²) in [5.41, 5.74) is 0. The lowest BCUT2D eigenvalue weighted by Crippen LogP contribution is -2.50. The lowest BCUT2D eigenvalue weighted by Gasteiger charge is -2.38. The van der Waals surface area contributed by atoms with Crippen molar-refractivity contribution in [3.63, 3.8) is 0 Å². The molecular formula is C13H28BN2+. The Morgan fingerprint density at radius 3 is 1.12 bits per heavy atom. The third kappa shape index (κ3) is 8.79. The molecule has 2 radical (unpaired) electrons. The monoisotopic (exact) mass is 223 g/mol. The number of rotatable bonds is 8. The molecule has 0 aromatic heterocycles. The van der Waals surface area contributed by atoms with Crippen molar-refractivity contribution in [2.45, 2.75) is 53.4 Å². The van der Waals surface area contributed by atoms with Gasteiger partial charge in [0.05, 0.1) is 26.2 Å². The number of hydrogen-bond acceptors (Lipinski definition) is 1. The molecule has 0 aliphatic rings. The van der Waals surface area contributed by atoms with Crippen molar-refractivity contribution in [1.29, 1.82) is 5.26 Å². The molecule has 2 nitrogen and oxygen atoms in total. The summed E-state index contributed by atoms with van der Waals surface area (Å²) in [6, 6.07) is 0. The maximum absolute atomic E-state index is 7.10. The van der Waals surface area contributed by atoms with E-state index in [1.807, 2.05) is 0 Å². The Kier molecular flexibility index (Phi) is 14.1. The molecule has 0 aromatic carbocycles. The van der Waals surface area contributed by atoms with Crippen molar-refractivity contribution in [1.82, 2.24) is 0 Å². The summed E-state index contributed by atoms with van der Waals surface area (Å²) < 4.78 is 1.38. The van der Waals surface area contributed by atoms with Crippen LogP contribution in [0.15, 0.2) is 0 Å². The van der Waals surface area contributed by atoms with E-state index in [1.54, 1.807) is 0 Å². The second-order valence-electron chi connectivity index (χ2n) is 4.37. The van der Waals surface area contributed by atoms with Crippen LogP contribution < -0.4 is 0 Å². The molecule has 0 rings (SSSR count). The predicted molar refractivity (Wildman–Crippen MR) is 72.3 cm³/mol. The van der Waals surface area contributed by atoms with Crippen LogP contribution in [0.3, 0.4) is 0 Å². The summed E-state index contributed by atoms with van der Waals surface area (Å²) in [7, 11) is 4.15. The molecule has 0 N–H and O–H groups in total. The quantitative estimate of drug-likeness (QED) is 0.458. The van der Waals surface area contributed by atoms with Gasteiger partial charge in [-0.2, -0.15) is 0 Å². The highest BCUT2D eigenvalue weighted by Gasteiger charge is 2.22. The molecule has 0 aliphatic carbocycles. The van der Waals surface area contributed by atoms with Crippen molar-refractivity contribution in [3.05, 3.63) is 0 Å². The van der Waals surface area contributed by atoms with Crippen LogP contribution >= 0.6 is 0 Å². The second-order valence-corrected chi connectivity index (χ2v) is 4.37. The van der Waals surface area contributed by atoms with Crippen LogP contribution in [0.1, 0.15) is 53.4 Å². The minimum absolute atomic E-state index is 1.25. The first kappa shape index (κ1) is 17.9. The number of nitrogens with zero attached hydrogens (tertiary/aromatic N) is 2. The standard InChI is InChI=1S/C12H28N.CBN/c1-5-9-13(10-6-2,11-7-3)12-8-4;2-1-3/h5-12H2,1-4H3;/q+1;. The minimum atomic E-state index is 1.25. The number of quaternary nitrogens is 1. The van der Waals surface area contributed by atoms with Gasteiger partial charge in [-0.25, -0.2) is 5.26 Å². The van der Waals surface area contributed by atoms with Gasteiger partial charge in [-0.1, -0.05) is 27.7 Å². The smallest absolute Gasteiger partial charge is 0.229 e. The van der Waals surface area contributed by atoms with Crippen LogP contribution in [-0.2, 0) is 0 Å². The van der Waals surface area contributed by atoms with Crippen molar-refractivity contribution < 1.29 is 4.48 Å². The molecule has 0 saturated carbocycles. The van der Waals surface area contributed by atoms with Gasteiger partial charge in [0.15, 0.2) is 0 Å². The Morgan fingerprint density at radius 1 is 0.812 bits per heavy atom. The molecule has 0 spiro atoms. The van der Waals surface area contributed by atoms with Crippen LogP contribution in [-0.4, -0.2) is 38.5 Å². The van der Waals surface area contributed by atoms with Gasteiger partial charge in [-0.15, -0.1) is 0 Å². The van der Waals surface area contributed by atoms with Gasteiger partial charge < -0.3 is 4.48 Å². The van der Waals surface area contributed by atoms with Crippen molar-refractivity contribution in [3.8, 4) is 5.97 Å². The normalized spacial score (nSPS) is 10.2. The van der Waals surface area contributed by atoms with Crippen LogP contribution in [0.4, 0.5) is 0 Å². The van der Waals surface area contributed by atoms with Gasteiger partial charge in [0.2, 0.25) is 7.85 Å². The predicted octanol–water partition coefficient (Wildman–Crippen LogP) is 3.08. The molecule has 0 aromatic rings. The van der Waals surface area contributed by atoms with Gasteiger partial charge in [0.1, 0.15) is 0 Å². The minimum Gasteiger partial charge on any atom is -0.324 e. The lowest BCUT2D eigenvalue weighted by atomic mass is 10.2. The summed E-state index contributed by atoms with van der Waals surface area (Å²) in [4.78, 5) is 0. The molecule has 0 heterocycles. The van der Waals surface area contributed by atoms with Crippen LogP contribution in [0.5, 0.6) is 0 Å². The first-order valence-corrected chi connectivity index (χ1v) is 6.61. The van der Waals surface area contributed by atoms with Gasteiger partial charge >= 0.3 is 0 Å². The highest BCUT2D eigenvalue weighted by atomic mass is 15.3. The van der Waals surface area contributed by atoms with Gasteiger partial charge in [0, 0.05) is 0 Å². The van der Waals surface area contributed by atoms with E-state index in [9.17, 15) is 0 Å². The average molecular weight is 223 g/mol. The van der Waals surface area contributed by atoms with Gasteiger partial charge in [-0.3, -0.25) is 0 Å². The summed E-state index contributed by atoms with van der Waals surface area (Å²) in [5.74, 6) is 1.25. The fourth-order valence-electron chi connectivity index (χ4n) is 2.57. The molecule has 16 heavy (non-hydrogen) atoms. The Balaban J connectivity index is 0. The van der Waals surface area contributed by atoms with E-state index in [4.69, 9.17) is 5.26 Å². The fourth-order valence-corrected chi connectivity index (χ4v) is 2.57. The zero-order valence-corrected chi connectivity index (χ0v) is 11.6. The first-order valence-electron chi connectivity index (χ1n) is 6.61. The third-order valence-electron chi connectivity index (χ3n) is 2.79. The summed E-state index contributed by atoms with van der Waals surface area (Å²) in [5, 5.41) is 7.10. The average Bonchev–Trinajstić information content (AvgIpc) is 2.20. The second kappa shape index (κ2) is 12.6. The number of hydrogen-bond donors (Lipinski definition) is 0. The molecule has 0 amide bonds. The van der Waals surface area contributed by atoms with E-state index < -0.39 is 0 Å². The highest BCUT2D eigenvalue weighted by Crippen LogP contribution is 2.12. The molecule has 0 saturated heterocycles. The molecular weight excluding hydrogens is 195 g/mol. The van der Waals surface area contributed by atoms with Gasteiger partial charge in [0.25, 0.3) is 0 Å². The Morgan fingerprint density at radius 2 is 1.00 bits per heavy atom. The molecule has 0 fully saturated rings. The highest BCUT2D eigenvalue weighted by molar-refractivity contribution is 6.20. The lowest BCUT2D eigenvalue weighted by molar-refractivity contribution is -0.928. The van der Waals surface area contributed by atoms with Crippen molar-refractivity contribution in [2.24, 2.45) is 0 Å². The maximum Gasteiger partial charge on any atom is 0.229 e.